The van der Waals surface area contributed by atoms with Crippen molar-refractivity contribution in [3.05, 3.63) is 42.6 Å². The molecule has 3 atom stereocenters. The molecule has 2 N–H and O–H groups in total. The fourth-order valence-corrected chi connectivity index (χ4v) is 4.10. The van der Waals surface area contributed by atoms with Gasteiger partial charge >= 0.3 is 0 Å². The summed E-state index contributed by atoms with van der Waals surface area (Å²) in [5.41, 5.74) is 2.79. The van der Waals surface area contributed by atoms with E-state index in [0.717, 1.165) is 28.8 Å². The maximum atomic E-state index is 12.8. The highest BCUT2D eigenvalue weighted by Gasteiger charge is 2.41. The zero-order valence-electron chi connectivity index (χ0n) is 17.2. The highest BCUT2D eigenvalue weighted by molar-refractivity contribution is 5.83. The zero-order valence-corrected chi connectivity index (χ0v) is 17.2. The highest BCUT2D eigenvalue weighted by atomic mass is 16.5. The fourth-order valence-electron chi connectivity index (χ4n) is 4.10. The van der Waals surface area contributed by atoms with Gasteiger partial charge in [-0.3, -0.25) is 10.1 Å². The summed E-state index contributed by atoms with van der Waals surface area (Å²) >= 11 is 0. The SMILES string of the molecule is C=Cc1ccc2ccc(NC3NC(C4CC4)CN(C(=O)CCOC)C3C)cc2n1. The van der Waals surface area contributed by atoms with Crippen molar-refractivity contribution in [1.82, 2.24) is 15.2 Å². The number of pyridine rings is 1. The Morgan fingerprint density at radius 2 is 2.17 bits per heavy atom. The van der Waals surface area contributed by atoms with E-state index >= 15 is 0 Å². The van der Waals surface area contributed by atoms with Gasteiger partial charge in [-0.15, -0.1) is 0 Å². The minimum Gasteiger partial charge on any atom is -0.384 e. The van der Waals surface area contributed by atoms with E-state index in [1.807, 2.05) is 11.0 Å². The average Bonchev–Trinajstić information content (AvgIpc) is 3.58. The molecule has 3 unspecified atom stereocenters. The summed E-state index contributed by atoms with van der Waals surface area (Å²) in [5.74, 6) is 0.826. The predicted molar refractivity (Wildman–Crippen MR) is 117 cm³/mol. The van der Waals surface area contributed by atoms with Crippen molar-refractivity contribution >= 4 is 28.6 Å². The van der Waals surface area contributed by atoms with Crippen LogP contribution in [0.1, 0.15) is 31.9 Å². The lowest BCUT2D eigenvalue weighted by molar-refractivity contribution is -0.136. The van der Waals surface area contributed by atoms with Crippen molar-refractivity contribution in [3.8, 4) is 0 Å². The fraction of sp³-hybridized carbons (Fsp3) is 0.478. The molecule has 1 aromatic heterocycles. The number of methoxy groups -OCH3 is 1. The number of nitrogens with one attached hydrogen (secondary N) is 2. The van der Waals surface area contributed by atoms with Gasteiger partial charge in [0, 0.05) is 30.8 Å². The number of amides is 1. The van der Waals surface area contributed by atoms with Gasteiger partial charge in [-0.1, -0.05) is 18.7 Å². The lowest BCUT2D eigenvalue weighted by Gasteiger charge is -2.45. The molecule has 2 fully saturated rings. The molecule has 0 bridgehead atoms. The van der Waals surface area contributed by atoms with E-state index in [1.54, 1.807) is 13.2 Å². The van der Waals surface area contributed by atoms with Crippen molar-refractivity contribution in [2.75, 3.05) is 25.6 Å². The van der Waals surface area contributed by atoms with E-state index < -0.39 is 0 Å². The number of carbonyl (C=O) groups is 1. The second kappa shape index (κ2) is 8.51. The van der Waals surface area contributed by atoms with E-state index in [2.05, 4.69) is 53.4 Å². The van der Waals surface area contributed by atoms with Crippen molar-refractivity contribution in [2.45, 2.75) is 44.4 Å². The Hall–Kier alpha value is -2.44. The Morgan fingerprint density at radius 3 is 2.90 bits per heavy atom. The van der Waals surface area contributed by atoms with Crippen LogP contribution in [0.3, 0.4) is 0 Å². The first kappa shape index (κ1) is 19.9. The minimum absolute atomic E-state index is 0.0131. The van der Waals surface area contributed by atoms with Crippen LogP contribution in [-0.4, -0.2) is 54.3 Å². The Labute approximate surface area is 172 Å². The van der Waals surface area contributed by atoms with Crippen molar-refractivity contribution in [3.63, 3.8) is 0 Å². The molecule has 1 aromatic carbocycles. The van der Waals surface area contributed by atoms with Gasteiger partial charge < -0.3 is 15.0 Å². The predicted octanol–water partition coefficient (Wildman–Crippen LogP) is 3.25. The molecular formula is C23H30N4O2. The van der Waals surface area contributed by atoms with Gasteiger partial charge in [-0.2, -0.15) is 0 Å². The second-order valence-electron chi connectivity index (χ2n) is 8.11. The molecule has 1 saturated carbocycles. The number of ether oxygens (including phenoxy) is 1. The summed E-state index contributed by atoms with van der Waals surface area (Å²) in [6.45, 7) is 7.15. The number of aromatic nitrogens is 1. The van der Waals surface area contributed by atoms with E-state index in [4.69, 9.17) is 4.74 Å². The number of carbonyl (C=O) groups excluding carboxylic acids is 1. The summed E-state index contributed by atoms with van der Waals surface area (Å²) in [6.07, 6.45) is 4.65. The van der Waals surface area contributed by atoms with Crippen LogP contribution in [0.25, 0.3) is 17.0 Å². The molecule has 1 aliphatic carbocycles. The zero-order chi connectivity index (χ0) is 20.4. The minimum atomic E-state index is -0.0131. The van der Waals surface area contributed by atoms with Crippen LogP contribution in [0.15, 0.2) is 36.9 Å². The van der Waals surface area contributed by atoms with Gasteiger partial charge in [0.1, 0.15) is 0 Å². The molecule has 2 aromatic rings. The number of rotatable bonds is 7. The molecule has 1 amide bonds. The molecule has 1 saturated heterocycles. The van der Waals surface area contributed by atoms with Gasteiger partial charge in [0.2, 0.25) is 5.91 Å². The number of nitrogens with zero attached hydrogens (tertiary/aromatic N) is 2. The van der Waals surface area contributed by atoms with E-state index in [9.17, 15) is 4.79 Å². The molecule has 2 heterocycles. The maximum absolute atomic E-state index is 12.8. The Morgan fingerprint density at radius 1 is 1.38 bits per heavy atom. The summed E-state index contributed by atoms with van der Waals surface area (Å²) in [5, 5.41) is 8.46. The Bertz CT molecular complexity index is 896. The standard InChI is InChI=1S/C23H30N4O2/c1-4-18-9-7-16-8-10-19(13-20(16)24-18)25-23-15(2)27(22(28)11-12-29-3)14-21(26-23)17-5-6-17/h4,7-10,13,15,17,21,23,25-26H,1,5-6,11-12,14H2,2-3H3. The number of benzene rings is 1. The molecule has 6 nitrogen and oxygen atoms in total. The van der Waals surface area contributed by atoms with Gasteiger partial charge in [0.15, 0.2) is 0 Å². The average molecular weight is 395 g/mol. The lowest BCUT2D eigenvalue weighted by Crippen LogP contribution is -2.65. The van der Waals surface area contributed by atoms with Crippen LogP contribution >= 0.6 is 0 Å². The van der Waals surface area contributed by atoms with Crippen LogP contribution in [0.2, 0.25) is 0 Å². The second-order valence-corrected chi connectivity index (χ2v) is 8.11. The van der Waals surface area contributed by atoms with Gasteiger partial charge in [0.25, 0.3) is 0 Å². The van der Waals surface area contributed by atoms with Gasteiger partial charge in [0.05, 0.1) is 36.4 Å². The largest absolute Gasteiger partial charge is 0.384 e. The smallest absolute Gasteiger partial charge is 0.225 e. The molecule has 6 heteroatoms. The first-order valence-electron chi connectivity index (χ1n) is 10.4. The third-order valence-corrected chi connectivity index (χ3v) is 6.04. The molecule has 154 valence electrons. The van der Waals surface area contributed by atoms with Crippen LogP contribution in [0, 0.1) is 5.92 Å². The van der Waals surface area contributed by atoms with Crippen LogP contribution in [0.5, 0.6) is 0 Å². The third kappa shape index (κ3) is 4.43. The first-order chi connectivity index (χ1) is 14.1. The molecule has 0 spiro atoms. The van der Waals surface area contributed by atoms with Gasteiger partial charge in [-0.05, 0) is 50.0 Å². The first-order valence-corrected chi connectivity index (χ1v) is 10.4. The molecule has 29 heavy (non-hydrogen) atoms. The summed E-state index contributed by atoms with van der Waals surface area (Å²) in [7, 11) is 1.64. The van der Waals surface area contributed by atoms with Crippen molar-refractivity contribution < 1.29 is 9.53 Å². The number of anilines is 1. The van der Waals surface area contributed by atoms with Crippen LogP contribution in [0.4, 0.5) is 5.69 Å². The van der Waals surface area contributed by atoms with Crippen LogP contribution in [-0.2, 0) is 9.53 Å². The molecule has 0 radical (unpaired) electrons. The maximum Gasteiger partial charge on any atom is 0.225 e. The summed E-state index contributed by atoms with van der Waals surface area (Å²) in [4.78, 5) is 19.4. The summed E-state index contributed by atoms with van der Waals surface area (Å²) in [6, 6.07) is 10.6. The van der Waals surface area contributed by atoms with Crippen molar-refractivity contribution in [2.24, 2.45) is 5.92 Å². The van der Waals surface area contributed by atoms with Crippen LogP contribution < -0.4 is 10.6 Å². The monoisotopic (exact) mass is 394 g/mol. The lowest BCUT2D eigenvalue weighted by atomic mass is 10.0. The third-order valence-electron chi connectivity index (χ3n) is 6.04. The van der Waals surface area contributed by atoms with Gasteiger partial charge in [-0.25, -0.2) is 4.98 Å². The molecular weight excluding hydrogens is 364 g/mol. The molecule has 1 aliphatic heterocycles. The van der Waals surface area contributed by atoms with Crippen molar-refractivity contribution in [1.29, 1.82) is 0 Å². The number of fused-ring (bicyclic) bond motifs is 1. The molecule has 4 rings (SSSR count). The quantitative estimate of drug-likeness (QED) is 0.755. The normalized spacial score (nSPS) is 24.5. The Kier molecular flexibility index (Phi) is 5.83. The highest BCUT2D eigenvalue weighted by Crippen LogP contribution is 2.35. The topological polar surface area (TPSA) is 66.5 Å². The van der Waals surface area contributed by atoms with E-state index in [0.29, 0.717) is 25.0 Å². The number of hydrogen-bond donors (Lipinski definition) is 2. The van der Waals surface area contributed by atoms with E-state index in [-0.39, 0.29) is 18.1 Å². The number of hydrogen-bond acceptors (Lipinski definition) is 5. The number of piperazine rings is 1. The van der Waals surface area contributed by atoms with E-state index in [1.165, 1.54) is 12.8 Å². The Balaban J connectivity index is 1.54. The summed E-state index contributed by atoms with van der Waals surface area (Å²) < 4.78 is 5.11. The molecule has 2 aliphatic rings.